The van der Waals surface area contributed by atoms with Crippen molar-refractivity contribution in [3.63, 3.8) is 0 Å². The van der Waals surface area contributed by atoms with Crippen LogP contribution in [0.3, 0.4) is 0 Å². The second-order valence-corrected chi connectivity index (χ2v) is 6.74. The first-order valence-corrected chi connectivity index (χ1v) is 7.25. The SMILES string of the molecule is Cc1[nH]nc(-c2ccccc2Cl)c1NC(=O)CC(C)(C)C. The van der Waals surface area contributed by atoms with Crippen LogP contribution in [0.4, 0.5) is 5.69 Å². The van der Waals surface area contributed by atoms with Gasteiger partial charge < -0.3 is 5.32 Å². The predicted molar refractivity (Wildman–Crippen MR) is 86.5 cm³/mol. The highest BCUT2D eigenvalue weighted by Crippen LogP contribution is 2.33. The Bertz CT molecular complexity index is 656. The number of carbonyl (C=O) groups is 1. The number of H-pyrrole nitrogens is 1. The van der Waals surface area contributed by atoms with Crippen molar-refractivity contribution in [2.45, 2.75) is 34.1 Å². The molecule has 0 spiro atoms. The number of hydrogen-bond acceptors (Lipinski definition) is 2. The lowest BCUT2D eigenvalue weighted by Crippen LogP contribution is -2.20. The molecule has 1 amide bonds. The molecule has 0 atom stereocenters. The Labute approximate surface area is 129 Å². The molecular formula is C16H20ClN3O. The Balaban J connectivity index is 2.32. The van der Waals surface area contributed by atoms with Crippen LogP contribution in [0.1, 0.15) is 32.9 Å². The van der Waals surface area contributed by atoms with Crippen LogP contribution in [-0.4, -0.2) is 16.1 Å². The number of anilines is 1. The third kappa shape index (κ3) is 3.85. The molecule has 2 aromatic rings. The van der Waals surface area contributed by atoms with Crippen molar-refractivity contribution >= 4 is 23.2 Å². The first-order chi connectivity index (χ1) is 9.78. The number of nitrogens with one attached hydrogen (secondary N) is 2. The molecule has 4 nitrogen and oxygen atoms in total. The van der Waals surface area contributed by atoms with Gasteiger partial charge >= 0.3 is 0 Å². The number of hydrogen-bond donors (Lipinski definition) is 2. The molecule has 2 N–H and O–H groups in total. The van der Waals surface area contributed by atoms with E-state index in [9.17, 15) is 4.79 Å². The van der Waals surface area contributed by atoms with Crippen molar-refractivity contribution < 1.29 is 4.79 Å². The van der Waals surface area contributed by atoms with E-state index in [0.29, 0.717) is 22.8 Å². The quantitative estimate of drug-likeness (QED) is 0.882. The first kappa shape index (κ1) is 15.6. The number of nitrogens with zero attached hydrogens (tertiary/aromatic N) is 1. The minimum absolute atomic E-state index is 0.0275. The zero-order valence-electron chi connectivity index (χ0n) is 12.7. The fourth-order valence-electron chi connectivity index (χ4n) is 2.10. The standard InChI is InChI=1S/C16H20ClN3O/c1-10-14(18-13(21)9-16(2,3)4)15(20-19-10)11-7-5-6-8-12(11)17/h5-8H,9H2,1-4H3,(H,18,21)(H,19,20). The average molecular weight is 306 g/mol. The fourth-order valence-corrected chi connectivity index (χ4v) is 2.32. The van der Waals surface area contributed by atoms with Crippen molar-refractivity contribution in [2.75, 3.05) is 5.32 Å². The van der Waals surface area contributed by atoms with E-state index in [1.807, 2.05) is 52.0 Å². The van der Waals surface area contributed by atoms with Gasteiger partial charge in [-0.3, -0.25) is 9.89 Å². The van der Waals surface area contributed by atoms with Gasteiger partial charge in [0.2, 0.25) is 5.91 Å². The van der Waals surface area contributed by atoms with Crippen LogP contribution in [0.2, 0.25) is 5.02 Å². The lowest BCUT2D eigenvalue weighted by molar-refractivity contribution is -0.117. The summed E-state index contributed by atoms with van der Waals surface area (Å²) in [7, 11) is 0. The van der Waals surface area contributed by atoms with Crippen molar-refractivity contribution in [3.8, 4) is 11.3 Å². The summed E-state index contributed by atoms with van der Waals surface area (Å²) < 4.78 is 0. The molecule has 0 unspecified atom stereocenters. The molecule has 0 fully saturated rings. The molecule has 21 heavy (non-hydrogen) atoms. The van der Waals surface area contributed by atoms with Gasteiger partial charge in [-0.25, -0.2) is 0 Å². The number of benzene rings is 1. The van der Waals surface area contributed by atoms with Crippen LogP contribution in [0.15, 0.2) is 24.3 Å². The number of aromatic nitrogens is 2. The smallest absolute Gasteiger partial charge is 0.225 e. The number of rotatable bonds is 3. The number of amides is 1. The maximum Gasteiger partial charge on any atom is 0.225 e. The van der Waals surface area contributed by atoms with E-state index in [4.69, 9.17) is 11.6 Å². The fraction of sp³-hybridized carbons (Fsp3) is 0.375. The van der Waals surface area contributed by atoms with Crippen molar-refractivity contribution in [1.29, 1.82) is 0 Å². The van der Waals surface area contributed by atoms with E-state index in [1.165, 1.54) is 0 Å². The molecule has 112 valence electrons. The van der Waals surface area contributed by atoms with E-state index in [1.54, 1.807) is 0 Å². The molecule has 0 aliphatic rings. The van der Waals surface area contributed by atoms with Crippen LogP contribution in [0, 0.1) is 12.3 Å². The lowest BCUT2D eigenvalue weighted by Gasteiger charge is -2.17. The van der Waals surface area contributed by atoms with Crippen LogP contribution >= 0.6 is 11.6 Å². The van der Waals surface area contributed by atoms with E-state index in [0.717, 1.165) is 11.3 Å². The minimum atomic E-state index is -0.0632. The molecular weight excluding hydrogens is 286 g/mol. The summed E-state index contributed by atoms with van der Waals surface area (Å²) >= 11 is 6.22. The average Bonchev–Trinajstić information content (AvgIpc) is 2.69. The third-order valence-electron chi connectivity index (χ3n) is 3.03. The highest BCUT2D eigenvalue weighted by atomic mass is 35.5. The van der Waals surface area contributed by atoms with Crippen molar-refractivity contribution in [1.82, 2.24) is 10.2 Å². The zero-order valence-corrected chi connectivity index (χ0v) is 13.5. The normalized spacial score (nSPS) is 11.5. The predicted octanol–water partition coefficient (Wildman–Crippen LogP) is 4.41. The summed E-state index contributed by atoms with van der Waals surface area (Å²) in [5, 5.41) is 10.7. The van der Waals surface area contributed by atoms with E-state index in [-0.39, 0.29) is 11.3 Å². The zero-order chi connectivity index (χ0) is 15.6. The molecule has 2 rings (SSSR count). The van der Waals surface area contributed by atoms with Gasteiger partial charge in [-0.05, 0) is 18.4 Å². The number of carbonyl (C=O) groups excluding carboxylic acids is 1. The molecule has 0 bridgehead atoms. The molecule has 0 saturated heterocycles. The van der Waals surface area contributed by atoms with E-state index < -0.39 is 0 Å². The van der Waals surface area contributed by atoms with Gasteiger partial charge in [-0.2, -0.15) is 5.10 Å². The number of aromatic amines is 1. The summed E-state index contributed by atoms with van der Waals surface area (Å²) in [4.78, 5) is 12.2. The Morgan fingerprint density at radius 1 is 1.33 bits per heavy atom. The van der Waals surface area contributed by atoms with Crippen LogP contribution < -0.4 is 5.32 Å². The molecule has 0 aliphatic carbocycles. The second-order valence-electron chi connectivity index (χ2n) is 6.34. The summed E-state index contributed by atoms with van der Waals surface area (Å²) in [5.74, 6) is -0.0275. The van der Waals surface area contributed by atoms with Gasteiger partial charge in [0.1, 0.15) is 5.69 Å². The Kier molecular flexibility index (Phi) is 4.37. The van der Waals surface area contributed by atoms with E-state index in [2.05, 4.69) is 15.5 Å². The molecule has 0 aliphatic heterocycles. The Morgan fingerprint density at radius 3 is 2.62 bits per heavy atom. The van der Waals surface area contributed by atoms with Gasteiger partial charge in [-0.15, -0.1) is 0 Å². The minimum Gasteiger partial charge on any atom is -0.323 e. The van der Waals surface area contributed by atoms with Crippen LogP contribution in [0.25, 0.3) is 11.3 Å². The molecule has 0 saturated carbocycles. The van der Waals surface area contributed by atoms with Crippen LogP contribution in [-0.2, 0) is 4.79 Å². The third-order valence-corrected chi connectivity index (χ3v) is 3.36. The maximum absolute atomic E-state index is 12.2. The lowest BCUT2D eigenvalue weighted by atomic mass is 9.92. The van der Waals surface area contributed by atoms with E-state index >= 15 is 0 Å². The van der Waals surface area contributed by atoms with Gasteiger partial charge in [-0.1, -0.05) is 50.6 Å². The van der Waals surface area contributed by atoms with Crippen molar-refractivity contribution in [3.05, 3.63) is 35.0 Å². The molecule has 5 heteroatoms. The molecule has 0 radical (unpaired) electrons. The van der Waals surface area contributed by atoms with Gasteiger partial charge in [0, 0.05) is 12.0 Å². The number of halogens is 1. The van der Waals surface area contributed by atoms with Gasteiger partial charge in [0.25, 0.3) is 0 Å². The summed E-state index contributed by atoms with van der Waals surface area (Å²) in [5.41, 5.74) is 2.91. The summed E-state index contributed by atoms with van der Waals surface area (Å²) in [6, 6.07) is 7.45. The molecule has 1 aromatic carbocycles. The van der Waals surface area contributed by atoms with Crippen molar-refractivity contribution in [2.24, 2.45) is 5.41 Å². The maximum atomic E-state index is 12.2. The second kappa shape index (κ2) is 5.90. The first-order valence-electron chi connectivity index (χ1n) is 6.87. The van der Waals surface area contributed by atoms with Gasteiger partial charge in [0.05, 0.1) is 16.4 Å². The monoisotopic (exact) mass is 305 g/mol. The van der Waals surface area contributed by atoms with Gasteiger partial charge in [0.15, 0.2) is 0 Å². The molecule has 1 aromatic heterocycles. The van der Waals surface area contributed by atoms with Crippen LogP contribution in [0.5, 0.6) is 0 Å². The topological polar surface area (TPSA) is 57.8 Å². The Morgan fingerprint density at radius 2 is 2.00 bits per heavy atom. The summed E-state index contributed by atoms with van der Waals surface area (Å²) in [6.45, 7) is 7.97. The molecule has 1 heterocycles. The highest BCUT2D eigenvalue weighted by Gasteiger charge is 2.20. The number of aryl methyl sites for hydroxylation is 1. The highest BCUT2D eigenvalue weighted by molar-refractivity contribution is 6.33. The Hall–Kier alpha value is -1.81. The summed E-state index contributed by atoms with van der Waals surface area (Å²) in [6.07, 6.45) is 0.444. The largest absolute Gasteiger partial charge is 0.323 e.